The van der Waals surface area contributed by atoms with Crippen LogP contribution in [0.2, 0.25) is 0 Å². The monoisotopic (exact) mass is 234 g/mol. The minimum absolute atomic E-state index is 0.702. The van der Waals surface area contributed by atoms with Gasteiger partial charge in [0, 0.05) is 6.04 Å². The molecule has 0 saturated carbocycles. The third-order valence-electron chi connectivity index (χ3n) is 3.11. The Kier molecular flexibility index (Phi) is 5.33. The van der Waals surface area contributed by atoms with Gasteiger partial charge in [0.1, 0.15) is 5.75 Å². The molecule has 0 amide bonds. The molecule has 1 heterocycles. The van der Waals surface area contributed by atoms with Crippen molar-refractivity contribution in [3.63, 3.8) is 0 Å². The first kappa shape index (κ1) is 12.4. The van der Waals surface area contributed by atoms with Crippen molar-refractivity contribution < 1.29 is 4.74 Å². The Morgan fingerprint density at radius 1 is 1.18 bits per heavy atom. The number of ether oxygens (including phenoxy) is 1. The summed E-state index contributed by atoms with van der Waals surface area (Å²) in [6.07, 6.45) is 3.57. The highest BCUT2D eigenvalue weighted by molar-refractivity contribution is 5.20. The van der Waals surface area contributed by atoms with E-state index >= 15 is 0 Å². The van der Waals surface area contributed by atoms with Crippen LogP contribution in [0.4, 0.5) is 0 Å². The largest absolute Gasteiger partial charge is 0.494 e. The minimum Gasteiger partial charge on any atom is -0.494 e. The summed E-state index contributed by atoms with van der Waals surface area (Å²) in [5, 5.41) is 6.96. The Hall–Kier alpha value is -1.06. The summed E-state index contributed by atoms with van der Waals surface area (Å²) in [5.41, 5.74) is 0. The maximum absolute atomic E-state index is 5.64. The molecule has 94 valence electrons. The molecular formula is C14H22N2O. The molecule has 1 aliphatic rings. The molecule has 0 aromatic heterocycles. The molecule has 0 bridgehead atoms. The van der Waals surface area contributed by atoms with E-state index in [0.29, 0.717) is 6.04 Å². The van der Waals surface area contributed by atoms with Crippen LogP contribution in [-0.4, -0.2) is 32.3 Å². The van der Waals surface area contributed by atoms with Gasteiger partial charge in [-0.1, -0.05) is 18.2 Å². The van der Waals surface area contributed by atoms with Crippen molar-refractivity contribution in [3.05, 3.63) is 30.3 Å². The lowest BCUT2D eigenvalue weighted by Gasteiger charge is -2.23. The number of hydrogen-bond acceptors (Lipinski definition) is 3. The first-order chi connectivity index (χ1) is 8.45. The van der Waals surface area contributed by atoms with E-state index in [2.05, 4.69) is 10.6 Å². The van der Waals surface area contributed by atoms with Crippen molar-refractivity contribution in [1.82, 2.24) is 10.6 Å². The summed E-state index contributed by atoms with van der Waals surface area (Å²) in [5.74, 6) is 0.967. The second-order valence-electron chi connectivity index (χ2n) is 4.49. The maximum atomic E-state index is 5.64. The fourth-order valence-electron chi connectivity index (χ4n) is 2.11. The molecule has 2 rings (SSSR count). The minimum atomic E-state index is 0.702. The zero-order valence-corrected chi connectivity index (χ0v) is 10.3. The van der Waals surface area contributed by atoms with Crippen molar-refractivity contribution in [2.45, 2.75) is 25.3 Å². The fraction of sp³-hybridized carbons (Fsp3) is 0.571. The molecule has 0 atom stereocenters. The fourth-order valence-corrected chi connectivity index (χ4v) is 2.11. The van der Waals surface area contributed by atoms with Crippen molar-refractivity contribution in [2.24, 2.45) is 0 Å². The average Bonchev–Trinajstić information content (AvgIpc) is 2.41. The lowest BCUT2D eigenvalue weighted by molar-refractivity contribution is 0.298. The molecule has 2 N–H and O–H groups in total. The molecule has 3 heteroatoms. The molecule has 1 fully saturated rings. The number of piperidine rings is 1. The molecule has 1 aromatic carbocycles. The van der Waals surface area contributed by atoms with E-state index in [0.717, 1.165) is 38.4 Å². The van der Waals surface area contributed by atoms with Crippen LogP contribution in [0.5, 0.6) is 5.75 Å². The normalized spacial score (nSPS) is 16.9. The van der Waals surface area contributed by atoms with Crippen LogP contribution in [0, 0.1) is 0 Å². The first-order valence-electron chi connectivity index (χ1n) is 6.57. The Labute approximate surface area is 104 Å². The van der Waals surface area contributed by atoms with E-state index < -0.39 is 0 Å². The zero-order chi connectivity index (χ0) is 11.8. The summed E-state index contributed by atoms with van der Waals surface area (Å²) in [4.78, 5) is 0. The number of rotatable bonds is 6. The number of para-hydroxylation sites is 1. The molecule has 0 spiro atoms. The van der Waals surface area contributed by atoms with Gasteiger partial charge in [-0.15, -0.1) is 0 Å². The van der Waals surface area contributed by atoms with Crippen molar-refractivity contribution in [1.29, 1.82) is 0 Å². The van der Waals surface area contributed by atoms with Crippen LogP contribution in [0.1, 0.15) is 19.3 Å². The molecular weight excluding hydrogens is 212 g/mol. The van der Waals surface area contributed by atoms with Crippen LogP contribution in [-0.2, 0) is 0 Å². The molecule has 0 unspecified atom stereocenters. The molecule has 1 aromatic rings. The van der Waals surface area contributed by atoms with Gasteiger partial charge in [-0.3, -0.25) is 0 Å². The van der Waals surface area contributed by atoms with Gasteiger partial charge < -0.3 is 15.4 Å². The van der Waals surface area contributed by atoms with Crippen LogP contribution >= 0.6 is 0 Å². The van der Waals surface area contributed by atoms with Gasteiger partial charge in [0.15, 0.2) is 0 Å². The molecule has 1 aliphatic heterocycles. The van der Waals surface area contributed by atoms with E-state index in [4.69, 9.17) is 4.74 Å². The van der Waals surface area contributed by atoms with Crippen molar-refractivity contribution in [2.75, 3.05) is 26.2 Å². The van der Waals surface area contributed by atoms with Gasteiger partial charge in [-0.25, -0.2) is 0 Å². The topological polar surface area (TPSA) is 33.3 Å². The zero-order valence-electron chi connectivity index (χ0n) is 10.3. The highest BCUT2D eigenvalue weighted by atomic mass is 16.5. The summed E-state index contributed by atoms with van der Waals surface area (Å²) in [7, 11) is 0. The second kappa shape index (κ2) is 7.30. The predicted octanol–water partition coefficient (Wildman–Crippen LogP) is 1.80. The van der Waals surface area contributed by atoms with Crippen molar-refractivity contribution >= 4 is 0 Å². The summed E-state index contributed by atoms with van der Waals surface area (Å²) < 4.78 is 5.64. The summed E-state index contributed by atoms with van der Waals surface area (Å²) >= 11 is 0. The van der Waals surface area contributed by atoms with Crippen LogP contribution in [0.3, 0.4) is 0 Å². The molecule has 1 saturated heterocycles. The average molecular weight is 234 g/mol. The number of hydrogen-bond donors (Lipinski definition) is 2. The Balaban J connectivity index is 1.51. The van der Waals surface area contributed by atoms with E-state index in [1.807, 2.05) is 30.3 Å². The van der Waals surface area contributed by atoms with Gasteiger partial charge in [0.05, 0.1) is 6.61 Å². The van der Waals surface area contributed by atoms with Crippen LogP contribution < -0.4 is 15.4 Å². The van der Waals surface area contributed by atoms with E-state index in [9.17, 15) is 0 Å². The van der Waals surface area contributed by atoms with Gasteiger partial charge in [-0.05, 0) is 51.0 Å². The van der Waals surface area contributed by atoms with Crippen LogP contribution in [0.15, 0.2) is 30.3 Å². The quantitative estimate of drug-likeness (QED) is 0.736. The SMILES string of the molecule is c1ccc(OCCCNC2CCNCC2)cc1. The Bertz CT molecular complexity index is 296. The van der Waals surface area contributed by atoms with Gasteiger partial charge >= 0.3 is 0 Å². The lowest BCUT2D eigenvalue weighted by Crippen LogP contribution is -2.40. The van der Waals surface area contributed by atoms with E-state index in [1.54, 1.807) is 0 Å². The standard InChI is InChI=1S/C14H22N2O/c1-2-5-14(6-3-1)17-12-4-9-16-13-7-10-15-11-8-13/h1-3,5-6,13,15-16H,4,7-12H2. The lowest BCUT2D eigenvalue weighted by atomic mass is 10.1. The Morgan fingerprint density at radius 3 is 2.71 bits per heavy atom. The van der Waals surface area contributed by atoms with Gasteiger partial charge in [0.2, 0.25) is 0 Å². The molecule has 17 heavy (non-hydrogen) atoms. The maximum Gasteiger partial charge on any atom is 0.119 e. The van der Waals surface area contributed by atoms with Gasteiger partial charge in [0.25, 0.3) is 0 Å². The molecule has 0 aliphatic carbocycles. The Morgan fingerprint density at radius 2 is 1.94 bits per heavy atom. The molecule has 3 nitrogen and oxygen atoms in total. The van der Waals surface area contributed by atoms with Crippen LogP contribution in [0.25, 0.3) is 0 Å². The smallest absolute Gasteiger partial charge is 0.119 e. The first-order valence-corrected chi connectivity index (χ1v) is 6.57. The predicted molar refractivity (Wildman–Crippen MR) is 70.4 cm³/mol. The second-order valence-corrected chi connectivity index (χ2v) is 4.49. The van der Waals surface area contributed by atoms with E-state index in [1.165, 1.54) is 12.8 Å². The highest BCUT2D eigenvalue weighted by Gasteiger charge is 2.10. The third kappa shape index (κ3) is 4.75. The number of benzene rings is 1. The number of nitrogens with one attached hydrogen (secondary N) is 2. The highest BCUT2D eigenvalue weighted by Crippen LogP contribution is 2.08. The third-order valence-corrected chi connectivity index (χ3v) is 3.11. The van der Waals surface area contributed by atoms with E-state index in [-0.39, 0.29) is 0 Å². The summed E-state index contributed by atoms with van der Waals surface area (Å²) in [6, 6.07) is 10.7. The van der Waals surface area contributed by atoms with Crippen molar-refractivity contribution in [3.8, 4) is 5.75 Å². The van der Waals surface area contributed by atoms with Gasteiger partial charge in [-0.2, -0.15) is 0 Å². The summed E-state index contributed by atoms with van der Waals surface area (Å²) in [6.45, 7) is 4.15. The molecule has 0 radical (unpaired) electrons.